The van der Waals surface area contributed by atoms with Gasteiger partial charge in [0.25, 0.3) is 5.91 Å². The second-order valence-corrected chi connectivity index (χ2v) is 7.50. The highest BCUT2D eigenvalue weighted by atomic mass is 16.2. The van der Waals surface area contributed by atoms with Crippen LogP contribution in [0.4, 0.5) is 5.69 Å². The normalized spacial score (nSPS) is 13.8. The lowest BCUT2D eigenvalue weighted by Gasteiger charge is -2.19. The second-order valence-electron chi connectivity index (χ2n) is 7.50. The summed E-state index contributed by atoms with van der Waals surface area (Å²) in [7, 11) is 0. The minimum atomic E-state index is -0.160. The average Bonchev–Trinajstić information content (AvgIpc) is 3.37. The van der Waals surface area contributed by atoms with Crippen molar-refractivity contribution in [1.82, 2.24) is 14.5 Å². The van der Waals surface area contributed by atoms with Crippen molar-refractivity contribution in [2.45, 2.75) is 39.7 Å². The number of anilines is 1. The molecule has 29 heavy (non-hydrogen) atoms. The molecule has 0 atom stereocenters. The van der Waals surface area contributed by atoms with Gasteiger partial charge in [-0.05, 0) is 43.5 Å². The second kappa shape index (κ2) is 8.07. The van der Waals surface area contributed by atoms with Crippen molar-refractivity contribution in [2.75, 3.05) is 18.4 Å². The summed E-state index contributed by atoms with van der Waals surface area (Å²) in [6.45, 7) is 5.67. The van der Waals surface area contributed by atoms with Gasteiger partial charge in [0.2, 0.25) is 5.91 Å². The van der Waals surface area contributed by atoms with Crippen molar-refractivity contribution in [2.24, 2.45) is 0 Å². The van der Waals surface area contributed by atoms with E-state index in [9.17, 15) is 9.59 Å². The Morgan fingerprint density at radius 2 is 1.83 bits per heavy atom. The van der Waals surface area contributed by atoms with Gasteiger partial charge in [0.15, 0.2) is 0 Å². The van der Waals surface area contributed by atoms with E-state index in [1.807, 2.05) is 59.7 Å². The molecule has 1 saturated heterocycles. The molecule has 1 aliphatic rings. The van der Waals surface area contributed by atoms with E-state index in [4.69, 9.17) is 0 Å². The quantitative estimate of drug-likeness (QED) is 0.721. The summed E-state index contributed by atoms with van der Waals surface area (Å²) < 4.78 is 1.95. The van der Waals surface area contributed by atoms with Gasteiger partial charge in [0.1, 0.15) is 12.4 Å². The topological polar surface area (TPSA) is 67.2 Å². The van der Waals surface area contributed by atoms with Gasteiger partial charge in [-0.15, -0.1) is 0 Å². The Morgan fingerprint density at radius 3 is 2.59 bits per heavy atom. The zero-order valence-corrected chi connectivity index (χ0v) is 16.9. The highest BCUT2D eigenvalue weighted by Crippen LogP contribution is 2.24. The Hall–Kier alpha value is -3.15. The molecule has 0 aliphatic carbocycles. The van der Waals surface area contributed by atoms with Gasteiger partial charge in [0, 0.05) is 19.5 Å². The third-order valence-corrected chi connectivity index (χ3v) is 5.51. The van der Waals surface area contributed by atoms with E-state index >= 15 is 0 Å². The molecular formula is C23H26N4O2. The largest absolute Gasteiger partial charge is 0.339 e. The van der Waals surface area contributed by atoms with Crippen LogP contribution in [0.1, 0.15) is 41.5 Å². The first-order chi connectivity index (χ1) is 14.1. The maximum Gasteiger partial charge on any atom is 0.255 e. The number of fused-ring (bicyclic) bond motifs is 1. The van der Waals surface area contributed by atoms with Crippen LogP contribution >= 0.6 is 0 Å². The maximum absolute atomic E-state index is 13.0. The van der Waals surface area contributed by atoms with E-state index in [-0.39, 0.29) is 18.4 Å². The molecule has 0 spiro atoms. The standard InChI is InChI=1S/C23H26N4O2/c1-3-20-24-18-11-4-5-12-19(18)27(20)15-21(28)25-22-16(2)9-8-10-17(22)23(29)26-13-6-7-14-26/h4-5,8-12H,3,6-7,13-15H2,1-2H3,(H,25,28). The number of para-hydroxylation sites is 3. The minimum absolute atomic E-state index is 0.0103. The molecule has 4 rings (SSSR count). The lowest BCUT2D eigenvalue weighted by atomic mass is 10.1. The number of nitrogens with zero attached hydrogens (tertiary/aromatic N) is 3. The highest BCUT2D eigenvalue weighted by molar-refractivity contribution is 6.04. The van der Waals surface area contributed by atoms with E-state index < -0.39 is 0 Å². The molecule has 0 unspecified atom stereocenters. The van der Waals surface area contributed by atoms with Crippen LogP contribution in [0.5, 0.6) is 0 Å². The van der Waals surface area contributed by atoms with Crippen molar-refractivity contribution >= 4 is 28.5 Å². The number of hydrogen-bond donors (Lipinski definition) is 1. The molecule has 150 valence electrons. The minimum Gasteiger partial charge on any atom is -0.339 e. The summed E-state index contributed by atoms with van der Waals surface area (Å²) in [6.07, 6.45) is 2.81. The maximum atomic E-state index is 13.0. The zero-order valence-electron chi connectivity index (χ0n) is 16.9. The van der Waals surface area contributed by atoms with Crippen LogP contribution in [0.3, 0.4) is 0 Å². The summed E-state index contributed by atoms with van der Waals surface area (Å²) in [5, 5.41) is 3.00. The van der Waals surface area contributed by atoms with Crippen LogP contribution in [0, 0.1) is 6.92 Å². The van der Waals surface area contributed by atoms with E-state index in [2.05, 4.69) is 10.3 Å². The lowest BCUT2D eigenvalue weighted by Crippen LogP contribution is -2.29. The zero-order chi connectivity index (χ0) is 20.4. The first-order valence-electron chi connectivity index (χ1n) is 10.2. The van der Waals surface area contributed by atoms with Crippen LogP contribution in [0.25, 0.3) is 11.0 Å². The molecule has 1 aliphatic heterocycles. The van der Waals surface area contributed by atoms with Crippen molar-refractivity contribution < 1.29 is 9.59 Å². The number of carbonyl (C=O) groups is 2. The molecule has 0 radical (unpaired) electrons. The Balaban J connectivity index is 1.60. The van der Waals surface area contributed by atoms with Crippen molar-refractivity contribution in [3.05, 3.63) is 59.4 Å². The fraction of sp³-hybridized carbons (Fsp3) is 0.348. The smallest absolute Gasteiger partial charge is 0.255 e. The molecule has 2 heterocycles. The molecule has 2 aromatic carbocycles. The molecule has 2 amide bonds. The van der Waals surface area contributed by atoms with Crippen LogP contribution in [-0.2, 0) is 17.8 Å². The highest BCUT2D eigenvalue weighted by Gasteiger charge is 2.23. The average molecular weight is 390 g/mol. The number of aromatic nitrogens is 2. The van der Waals surface area contributed by atoms with Gasteiger partial charge in [-0.2, -0.15) is 0 Å². The molecule has 6 heteroatoms. The monoisotopic (exact) mass is 390 g/mol. The van der Waals surface area contributed by atoms with Gasteiger partial charge < -0.3 is 14.8 Å². The van der Waals surface area contributed by atoms with Crippen molar-refractivity contribution in [3.63, 3.8) is 0 Å². The number of imidazole rings is 1. The molecule has 1 aromatic heterocycles. The first-order valence-corrected chi connectivity index (χ1v) is 10.2. The number of benzene rings is 2. The third-order valence-electron chi connectivity index (χ3n) is 5.51. The van der Waals surface area contributed by atoms with E-state index in [1.54, 1.807) is 6.07 Å². The van der Waals surface area contributed by atoms with E-state index in [0.717, 1.165) is 54.8 Å². The molecule has 0 bridgehead atoms. The van der Waals surface area contributed by atoms with Crippen LogP contribution < -0.4 is 5.32 Å². The number of aryl methyl sites for hydroxylation is 2. The number of nitrogens with one attached hydrogen (secondary N) is 1. The summed E-state index contributed by atoms with van der Waals surface area (Å²) in [4.78, 5) is 32.4. The SMILES string of the molecule is CCc1nc2ccccc2n1CC(=O)Nc1c(C)cccc1C(=O)N1CCCC1. The molecule has 0 saturated carbocycles. The molecule has 1 fully saturated rings. The number of likely N-dealkylation sites (tertiary alicyclic amines) is 1. The Morgan fingerprint density at radius 1 is 1.07 bits per heavy atom. The van der Waals surface area contributed by atoms with Crippen LogP contribution in [0.15, 0.2) is 42.5 Å². The van der Waals surface area contributed by atoms with Crippen LogP contribution in [-0.4, -0.2) is 39.4 Å². The number of carbonyl (C=O) groups excluding carboxylic acids is 2. The van der Waals surface area contributed by atoms with Gasteiger partial charge in [-0.25, -0.2) is 4.98 Å². The predicted molar refractivity (Wildman–Crippen MR) is 114 cm³/mol. The Labute approximate surface area is 170 Å². The predicted octanol–water partition coefficient (Wildman–Crippen LogP) is 3.78. The number of amides is 2. The van der Waals surface area contributed by atoms with Crippen molar-refractivity contribution in [1.29, 1.82) is 0 Å². The molecule has 3 aromatic rings. The fourth-order valence-electron chi connectivity index (χ4n) is 4.00. The van der Waals surface area contributed by atoms with Gasteiger partial charge in [-0.1, -0.05) is 31.2 Å². The fourth-order valence-corrected chi connectivity index (χ4v) is 4.00. The van der Waals surface area contributed by atoms with Crippen molar-refractivity contribution in [3.8, 4) is 0 Å². The third kappa shape index (κ3) is 3.75. The summed E-state index contributed by atoms with van der Waals surface area (Å²) in [5.41, 5.74) is 3.88. The summed E-state index contributed by atoms with van der Waals surface area (Å²) in [5.74, 6) is 0.705. The first kappa shape index (κ1) is 19.2. The van der Waals surface area contributed by atoms with Gasteiger partial charge in [-0.3, -0.25) is 9.59 Å². The summed E-state index contributed by atoms with van der Waals surface area (Å²) >= 11 is 0. The summed E-state index contributed by atoms with van der Waals surface area (Å²) in [6, 6.07) is 13.4. The van der Waals surface area contributed by atoms with Crippen LogP contribution in [0.2, 0.25) is 0 Å². The lowest BCUT2D eigenvalue weighted by molar-refractivity contribution is -0.116. The van der Waals surface area contributed by atoms with E-state index in [0.29, 0.717) is 11.3 Å². The van der Waals surface area contributed by atoms with Gasteiger partial charge >= 0.3 is 0 Å². The number of hydrogen-bond acceptors (Lipinski definition) is 3. The Bertz CT molecular complexity index is 1060. The van der Waals surface area contributed by atoms with E-state index in [1.165, 1.54) is 0 Å². The molecule has 6 nitrogen and oxygen atoms in total. The number of rotatable bonds is 5. The van der Waals surface area contributed by atoms with Gasteiger partial charge in [0.05, 0.1) is 22.3 Å². The molecule has 1 N–H and O–H groups in total. The Kier molecular flexibility index (Phi) is 5.34. The molecular weight excluding hydrogens is 364 g/mol.